The molecule has 2 amide bonds. The highest BCUT2D eigenvalue weighted by atomic mass is 32.1. The van der Waals surface area contributed by atoms with Gasteiger partial charge in [-0.2, -0.15) is 0 Å². The Kier molecular flexibility index (Phi) is 6.20. The van der Waals surface area contributed by atoms with Crippen LogP contribution in [0.1, 0.15) is 26.6 Å². The number of piperazine rings is 1. The molecule has 144 valence electrons. The average Bonchev–Trinajstić information content (AvgIpc) is 3.14. The predicted octanol–water partition coefficient (Wildman–Crippen LogP) is 1.62. The lowest BCUT2D eigenvalue weighted by Crippen LogP contribution is -2.50. The Bertz CT molecular complexity index is 807. The maximum absolute atomic E-state index is 12.5. The number of aryl methyl sites for hydroxylation is 2. The number of hydrogen-bond donors (Lipinski definition) is 2. The molecule has 3 rings (SSSR count). The fraction of sp³-hybridized carbons (Fsp3) is 0.421. The van der Waals surface area contributed by atoms with E-state index in [1.165, 1.54) is 11.3 Å². The van der Waals surface area contributed by atoms with Crippen LogP contribution in [0.4, 0.5) is 5.69 Å². The van der Waals surface area contributed by atoms with Crippen LogP contribution in [-0.2, 0) is 11.3 Å². The smallest absolute Gasteiger partial charge is 0.273 e. The lowest BCUT2D eigenvalue weighted by molar-refractivity contribution is -0.117. The number of nitrogens with one attached hydrogen (secondary N) is 1. The number of aromatic nitrogens is 1. The molecular weight excluding hydrogens is 362 g/mol. The molecule has 1 fully saturated rings. The summed E-state index contributed by atoms with van der Waals surface area (Å²) < 4.78 is 0. The van der Waals surface area contributed by atoms with Crippen molar-refractivity contribution < 1.29 is 9.59 Å². The number of nitrogens with two attached hydrogens (primary N) is 1. The minimum Gasteiger partial charge on any atom is -0.335 e. The summed E-state index contributed by atoms with van der Waals surface area (Å²) in [6, 6.07) is 5.96. The molecule has 8 heteroatoms. The van der Waals surface area contributed by atoms with E-state index in [1.54, 1.807) is 10.3 Å². The summed E-state index contributed by atoms with van der Waals surface area (Å²) in [5.41, 5.74) is 9.01. The third-order valence-electron chi connectivity index (χ3n) is 4.72. The Morgan fingerprint density at radius 1 is 1.19 bits per heavy atom. The number of hydrogen-bond acceptors (Lipinski definition) is 6. The van der Waals surface area contributed by atoms with Crippen LogP contribution in [-0.4, -0.2) is 59.3 Å². The first kappa shape index (κ1) is 19.5. The van der Waals surface area contributed by atoms with E-state index in [4.69, 9.17) is 5.73 Å². The number of para-hydroxylation sites is 1. The van der Waals surface area contributed by atoms with E-state index >= 15 is 0 Å². The van der Waals surface area contributed by atoms with Gasteiger partial charge in [-0.1, -0.05) is 18.2 Å². The Morgan fingerprint density at radius 3 is 2.44 bits per heavy atom. The lowest BCUT2D eigenvalue weighted by Gasteiger charge is -2.34. The van der Waals surface area contributed by atoms with Gasteiger partial charge in [0.1, 0.15) is 10.7 Å². The summed E-state index contributed by atoms with van der Waals surface area (Å²) in [5, 5.41) is 5.54. The van der Waals surface area contributed by atoms with Gasteiger partial charge in [-0.25, -0.2) is 4.98 Å². The number of carbonyl (C=O) groups excluding carboxylic acids is 2. The summed E-state index contributed by atoms with van der Waals surface area (Å²) in [6.45, 7) is 7.16. The van der Waals surface area contributed by atoms with Crippen molar-refractivity contribution in [1.29, 1.82) is 0 Å². The van der Waals surface area contributed by atoms with E-state index in [9.17, 15) is 9.59 Å². The number of nitrogens with zero attached hydrogens (tertiary/aromatic N) is 3. The van der Waals surface area contributed by atoms with Crippen molar-refractivity contribution in [3.63, 3.8) is 0 Å². The SMILES string of the molecule is Cc1cccc(C)c1NC(=O)CN1CCN(C(=O)c2csc(CN)n2)CC1. The van der Waals surface area contributed by atoms with E-state index in [2.05, 4.69) is 15.2 Å². The van der Waals surface area contributed by atoms with Gasteiger partial charge in [-0.15, -0.1) is 11.3 Å². The largest absolute Gasteiger partial charge is 0.335 e. The van der Waals surface area contributed by atoms with Crippen LogP contribution in [0.15, 0.2) is 23.6 Å². The summed E-state index contributed by atoms with van der Waals surface area (Å²) >= 11 is 1.41. The molecule has 1 aromatic carbocycles. The first-order valence-electron chi connectivity index (χ1n) is 9.00. The van der Waals surface area contributed by atoms with Crippen LogP contribution in [0.25, 0.3) is 0 Å². The van der Waals surface area contributed by atoms with Crippen LogP contribution >= 0.6 is 11.3 Å². The molecule has 0 saturated carbocycles. The molecule has 2 heterocycles. The molecule has 27 heavy (non-hydrogen) atoms. The molecule has 1 saturated heterocycles. The van der Waals surface area contributed by atoms with Gasteiger partial charge >= 0.3 is 0 Å². The van der Waals surface area contributed by atoms with Gasteiger partial charge < -0.3 is 16.0 Å². The average molecular weight is 388 g/mol. The summed E-state index contributed by atoms with van der Waals surface area (Å²) in [6.07, 6.45) is 0. The van der Waals surface area contributed by atoms with Gasteiger partial charge in [0, 0.05) is 43.8 Å². The molecule has 1 aromatic heterocycles. The standard InChI is InChI=1S/C19H25N5O2S/c1-13-4-3-5-14(2)18(13)22-16(25)11-23-6-8-24(9-7-23)19(26)15-12-27-17(10-20)21-15/h3-5,12H,6-11,20H2,1-2H3,(H,22,25). The van der Waals surface area contributed by atoms with Crippen LogP contribution < -0.4 is 11.1 Å². The highest BCUT2D eigenvalue weighted by molar-refractivity contribution is 7.09. The van der Waals surface area contributed by atoms with Crippen LogP contribution in [0.2, 0.25) is 0 Å². The number of thiazole rings is 1. The molecule has 1 aliphatic heterocycles. The minimum atomic E-state index is -0.0643. The molecule has 0 atom stereocenters. The second-order valence-corrected chi connectivity index (χ2v) is 7.66. The van der Waals surface area contributed by atoms with Crippen LogP contribution in [0.3, 0.4) is 0 Å². The highest BCUT2D eigenvalue weighted by Gasteiger charge is 2.24. The van der Waals surface area contributed by atoms with E-state index in [0.29, 0.717) is 45.0 Å². The van der Waals surface area contributed by atoms with Gasteiger partial charge in [-0.05, 0) is 25.0 Å². The van der Waals surface area contributed by atoms with Crippen molar-refractivity contribution in [1.82, 2.24) is 14.8 Å². The molecule has 1 aliphatic rings. The topological polar surface area (TPSA) is 91.6 Å². The Morgan fingerprint density at radius 2 is 1.85 bits per heavy atom. The number of amides is 2. The summed E-state index contributed by atoms with van der Waals surface area (Å²) in [5.74, 6) is -0.0927. The fourth-order valence-corrected chi connectivity index (χ4v) is 3.82. The molecule has 0 bridgehead atoms. The monoisotopic (exact) mass is 387 g/mol. The molecule has 3 N–H and O–H groups in total. The number of rotatable bonds is 5. The minimum absolute atomic E-state index is 0.0285. The lowest BCUT2D eigenvalue weighted by atomic mass is 10.1. The van der Waals surface area contributed by atoms with Crippen molar-refractivity contribution in [2.75, 3.05) is 38.0 Å². The maximum Gasteiger partial charge on any atom is 0.273 e. The first-order valence-corrected chi connectivity index (χ1v) is 9.88. The number of carbonyl (C=O) groups is 2. The van der Waals surface area contributed by atoms with Crippen molar-refractivity contribution >= 4 is 28.8 Å². The Hall–Kier alpha value is -2.29. The summed E-state index contributed by atoms with van der Waals surface area (Å²) in [4.78, 5) is 33.0. The quantitative estimate of drug-likeness (QED) is 0.813. The maximum atomic E-state index is 12.5. The van der Waals surface area contributed by atoms with Gasteiger partial charge in [0.25, 0.3) is 5.91 Å². The van der Waals surface area contributed by atoms with Gasteiger partial charge in [-0.3, -0.25) is 14.5 Å². The van der Waals surface area contributed by atoms with E-state index in [0.717, 1.165) is 21.8 Å². The first-order chi connectivity index (χ1) is 13.0. The Labute approximate surface area is 163 Å². The Balaban J connectivity index is 1.50. The van der Waals surface area contributed by atoms with E-state index in [-0.39, 0.29) is 11.8 Å². The molecule has 0 spiro atoms. The number of anilines is 1. The van der Waals surface area contributed by atoms with Crippen LogP contribution in [0, 0.1) is 13.8 Å². The third-order valence-corrected chi connectivity index (χ3v) is 5.59. The van der Waals surface area contributed by atoms with Crippen molar-refractivity contribution in [3.05, 3.63) is 45.4 Å². The predicted molar refractivity (Wildman–Crippen MR) is 107 cm³/mol. The third kappa shape index (κ3) is 4.71. The van der Waals surface area contributed by atoms with Gasteiger partial charge in [0.2, 0.25) is 5.91 Å². The molecule has 2 aromatic rings. The van der Waals surface area contributed by atoms with Gasteiger partial charge in [0.15, 0.2) is 0 Å². The van der Waals surface area contributed by atoms with Crippen molar-refractivity contribution in [2.45, 2.75) is 20.4 Å². The molecule has 0 radical (unpaired) electrons. The normalized spacial score (nSPS) is 15.0. The second-order valence-electron chi connectivity index (χ2n) is 6.71. The van der Waals surface area contributed by atoms with E-state index < -0.39 is 0 Å². The van der Waals surface area contributed by atoms with E-state index in [1.807, 2.05) is 32.0 Å². The zero-order valence-corrected chi connectivity index (χ0v) is 16.5. The zero-order chi connectivity index (χ0) is 19.4. The molecule has 0 unspecified atom stereocenters. The highest BCUT2D eigenvalue weighted by Crippen LogP contribution is 2.19. The molecular formula is C19H25N5O2S. The van der Waals surface area contributed by atoms with Crippen molar-refractivity contribution in [2.24, 2.45) is 5.73 Å². The van der Waals surface area contributed by atoms with Crippen molar-refractivity contribution in [3.8, 4) is 0 Å². The van der Waals surface area contributed by atoms with Gasteiger partial charge in [0.05, 0.1) is 6.54 Å². The summed E-state index contributed by atoms with van der Waals surface area (Å²) in [7, 11) is 0. The van der Waals surface area contributed by atoms with Crippen LogP contribution in [0.5, 0.6) is 0 Å². The fourth-order valence-electron chi connectivity index (χ4n) is 3.17. The molecule has 0 aliphatic carbocycles. The second kappa shape index (κ2) is 8.60. The number of benzene rings is 1. The molecule has 7 nitrogen and oxygen atoms in total. The zero-order valence-electron chi connectivity index (χ0n) is 15.7.